The predicted octanol–water partition coefficient (Wildman–Crippen LogP) is -7.10. The van der Waals surface area contributed by atoms with Crippen molar-refractivity contribution < 1.29 is 109 Å². The van der Waals surface area contributed by atoms with E-state index >= 15 is 0 Å². The van der Waals surface area contributed by atoms with Crippen molar-refractivity contribution in [3.05, 3.63) is 33.3 Å². The summed E-state index contributed by atoms with van der Waals surface area (Å²) in [6, 6.07) is 3.13. The Bertz CT molecular complexity index is 1410. The number of halogens is 1. The van der Waals surface area contributed by atoms with E-state index < -0.39 is 154 Å². The highest BCUT2D eigenvalue weighted by Crippen LogP contribution is 2.36. The lowest BCUT2D eigenvalue weighted by atomic mass is 9.95. The zero-order valence-electron chi connectivity index (χ0n) is 28.3. The van der Waals surface area contributed by atoms with Crippen LogP contribution in [0.25, 0.3) is 0 Å². The maximum absolute atomic E-state index is 11.1. The van der Waals surface area contributed by atoms with E-state index in [0.29, 0.717) is 0 Å². The van der Waals surface area contributed by atoms with Crippen molar-refractivity contribution in [3.8, 4) is 5.75 Å². The second-order valence-corrected chi connectivity index (χ2v) is 13.5. The van der Waals surface area contributed by atoms with Crippen molar-refractivity contribution in [3.63, 3.8) is 0 Å². The van der Waals surface area contributed by atoms with Gasteiger partial charge in [0.1, 0.15) is 103 Å². The lowest BCUT2D eigenvalue weighted by Gasteiger charge is -2.49. The standard InChI is InChI=1S/C30H44ClNO23/c31-9-3-8(32(46)47)1-2-10(9)48-27-21(43)17(39)24(12(5-34)50-27)54-29-23(45)19(41)26(14(7-36)52-29)55-30-22(44)18(40)25(13(6-35)51-30)53-28-20(42)16(38)15(37)11(4-33)49-28/h1-3,11-30,33-45H,4-7H2. The zero-order chi connectivity index (χ0) is 40.5. The van der Waals surface area contributed by atoms with Crippen molar-refractivity contribution in [2.45, 2.75) is 123 Å². The molecule has 0 spiro atoms. The molecule has 0 bridgehead atoms. The van der Waals surface area contributed by atoms with Crippen LogP contribution >= 0.6 is 11.6 Å². The van der Waals surface area contributed by atoms with E-state index in [2.05, 4.69) is 0 Å². The molecule has 0 amide bonds. The molecule has 5 rings (SSSR count). The average molecular weight is 822 g/mol. The first-order valence-corrected chi connectivity index (χ1v) is 17.2. The Morgan fingerprint density at radius 2 is 0.909 bits per heavy atom. The van der Waals surface area contributed by atoms with Gasteiger partial charge in [0.2, 0.25) is 6.29 Å². The molecule has 55 heavy (non-hydrogen) atoms. The van der Waals surface area contributed by atoms with Crippen LogP contribution in [-0.4, -0.2) is 221 Å². The van der Waals surface area contributed by atoms with Crippen LogP contribution in [0, 0.1) is 10.1 Å². The number of benzene rings is 1. The van der Waals surface area contributed by atoms with Crippen LogP contribution in [0.15, 0.2) is 18.2 Å². The molecule has 24 nitrogen and oxygen atoms in total. The molecule has 4 aliphatic heterocycles. The summed E-state index contributed by atoms with van der Waals surface area (Å²) in [6.45, 7) is -3.56. The third-order valence-electron chi connectivity index (χ3n) is 9.55. The highest BCUT2D eigenvalue weighted by Gasteiger charge is 2.55. The number of non-ortho nitro benzene ring substituents is 1. The summed E-state index contributed by atoms with van der Waals surface area (Å²) in [6.07, 6.45) is -36.1. The third kappa shape index (κ3) is 9.15. The fraction of sp³-hybridized carbons (Fsp3) is 0.800. The second kappa shape index (κ2) is 18.7. The average Bonchev–Trinajstić information content (AvgIpc) is 3.17. The summed E-state index contributed by atoms with van der Waals surface area (Å²) in [7, 11) is 0. The van der Waals surface area contributed by atoms with Gasteiger partial charge in [-0.3, -0.25) is 10.1 Å². The SMILES string of the molecule is O=[N+]([O-])c1ccc(OC2OC(CO)C(OC3OC(CO)C(OC4OC(CO)C(OC5OC(CO)C(O)C(O)C5O)C(O)C4O)C(O)C3O)C(O)C2O)c(Cl)c1. The number of ether oxygens (including phenoxy) is 8. The first-order chi connectivity index (χ1) is 26.1. The minimum Gasteiger partial charge on any atom is -0.460 e. The third-order valence-corrected chi connectivity index (χ3v) is 9.85. The molecule has 0 radical (unpaired) electrons. The van der Waals surface area contributed by atoms with Gasteiger partial charge in [-0.25, -0.2) is 0 Å². The molecule has 4 aliphatic rings. The van der Waals surface area contributed by atoms with E-state index in [0.717, 1.165) is 18.2 Å². The van der Waals surface area contributed by atoms with Crippen molar-refractivity contribution in [2.75, 3.05) is 26.4 Å². The lowest BCUT2D eigenvalue weighted by Crippen LogP contribution is -2.67. The maximum atomic E-state index is 11.1. The van der Waals surface area contributed by atoms with Crippen LogP contribution in [0.5, 0.6) is 5.75 Å². The summed E-state index contributed by atoms with van der Waals surface area (Å²) in [5.41, 5.74) is -0.367. The summed E-state index contributed by atoms with van der Waals surface area (Å²) >= 11 is 6.04. The van der Waals surface area contributed by atoms with Crippen LogP contribution < -0.4 is 4.74 Å². The Labute approximate surface area is 314 Å². The number of hydrogen-bond acceptors (Lipinski definition) is 23. The molecule has 4 saturated heterocycles. The smallest absolute Gasteiger partial charge is 0.271 e. The van der Waals surface area contributed by atoms with Crippen LogP contribution in [-0.2, 0) is 33.2 Å². The van der Waals surface area contributed by atoms with Crippen LogP contribution in [0.2, 0.25) is 5.02 Å². The quantitative estimate of drug-likeness (QED) is 0.0649. The Morgan fingerprint density at radius 1 is 0.545 bits per heavy atom. The van der Waals surface area contributed by atoms with Gasteiger partial charge in [-0.2, -0.15) is 0 Å². The maximum Gasteiger partial charge on any atom is 0.271 e. The molecule has 1 aromatic rings. The van der Waals surface area contributed by atoms with Crippen molar-refractivity contribution in [2.24, 2.45) is 0 Å². The van der Waals surface area contributed by atoms with Crippen molar-refractivity contribution in [1.29, 1.82) is 0 Å². The van der Waals surface area contributed by atoms with Crippen LogP contribution in [0.3, 0.4) is 0 Å². The molecule has 13 N–H and O–H groups in total. The zero-order valence-corrected chi connectivity index (χ0v) is 29.1. The van der Waals surface area contributed by atoms with Gasteiger partial charge in [-0.15, -0.1) is 0 Å². The molecule has 314 valence electrons. The molecular weight excluding hydrogens is 778 g/mol. The minimum absolute atomic E-state index is 0.188. The van der Waals surface area contributed by atoms with E-state index in [1.165, 1.54) is 0 Å². The van der Waals surface area contributed by atoms with Gasteiger partial charge < -0.3 is 104 Å². The molecule has 1 aromatic carbocycles. The summed E-state index contributed by atoms with van der Waals surface area (Å²) in [4.78, 5) is 10.3. The molecule has 4 fully saturated rings. The molecule has 20 atom stereocenters. The molecule has 20 unspecified atom stereocenters. The fourth-order valence-corrected chi connectivity index (χ4v) is 6.67. The number of rotatable bonds is 13. The van der Waals surface area contributed by atoms with Crippen LogP contribution in [0.1, 0.15) is 0 Å². The number of aliphatic hydroxyl groups is 13. The largest absolute Gasteiger partial charge is 0.460 e. The van der Waals surface area contributed by atoms with Gasteiger partial charge in [-0.1, -0.05) is 11.6 Å². The van der Waals surface area contributed by atoms with Gasteiger partial charge in [0.25, 0.3) is 5.69 Å². The first-order valence-electron chi connectivity index (χ1n) is 16.8. The summed E-state index contributed by atoms with van der Waals surface area (Å²) in [5, 5.41) is 146. The van der Waals surface area contributed by atoms with Crippen molar-refractivity contribution >= 4 is 17.3 Å². The number of nitrogens with zero attached hydrogens (tertiary/aromatic N) is 1. The van der Waals surface area contributed by atoms with Crippen molar-refractivity contribution in [1.82, 2.24) is 0 Å². The molecule has 0 aliphatic carbocycles. The Balaban J connectivity index is 1.23. The van der Waals surface area contributed by atoms with E-state index in [-0.39, 0.29) is 16.5 Å². The molecule has 4 heterocycles. The van der Waals surface area contributed by atoms with Gasteiger partial charge in [0, 0.05) is 12.1 Å². The normalized spacial score (nSPS) is 45.3. The highest BCUT2D eigenvalue weighted by molar-refractivity contribution is 6.32. The van der Waals surface area contributed by atoms with E-state index in [4.69, 9.17) is 49.5 Å². The van der Waals surface area contributed by atoms with Gasteiger partial charge in [-0.05, 0) is 6.07 Å². The Kier molecular flexibility index (Phi) is 14.9. The van der Waals surface area contributed by atoms with E-state index in [1.807, 2.05) is 0 Å². The number of nitro groups is 1. The van der Waals surface area contributed by atoms with Gasteiger partial charge >= 0.3 is 0 Å². The number of hydrogen-bond donors (Lipinski definition) is 13. The minimum atomic E-state index is -2.08. The van der Waals surface area contributed by atoms with Crippen LogP contribution in [0.4, 0.5) is 5.69 Å². The molecule has 25 heteroatoms. The first kappa shape index (κ1) is 44.0. The number of aliphatic hydroxyl groups excluding tert-OH is 13. The Morgan fingerprint density at radius 3 is 1.29 bits per heavy atom. The van der Waals surface area contributed by atoms with Gasteiger partial charge in [0.15, 0.2) is 18.9 Å². The van der Waals surface area contributed by atoms with Gasteiger partial charge in [0.05, 0.1) is 36.4 Å². The molecule has 0 aromatic heterocycles. The number of nitro benzene ring substituents is 1. The fourth-order valence-electron chi connectivity index (χ4n) is 6.45. The highest BCUT2D eigenvalue weighted by atomic mass is 35.5. The summed E-state index contributed by atoms with van der Waals surface area (Å²) < 4.78 is 44.2. The molecular formula is C30H44ClNO23. The summed E-state index contributed by atoms with van der Waals surface area (Å²) in [5.74, 6) is -0.188. The molecule has 0 saturated carbocycles. The lowest BCUT2D eigenvalue weighted by molar-refractivity contribution is -0.387. The second-order valence-electron chi connectivity index (χ2n) is 13.1. The topological polar surface area (TPSA) is 380 Å². The monoisotopic (exact) mass is 821 g/mol. The van der Waals surface area contributed by atoms with E-state index in [1.54, 1.807) is 0 Å². The van der Waals surface area contributed by atoms with E-state index in [9.17, 15) is 76.5 Å². The predicted molar refractivity (Wildman–Crippen MR) is 170 cm³/mol. The Hall–Kier alpha value is -2.09.